The lowest BCUT2D eigenvalue weighted by molar-refractivity contribution is -0.141. The van der Waals surface area contributed by atoms with Gasteiger partial charge in [0.2, 0.25) is 21.8 Å². The molecule has 5 rings (SSSR count). The number of carbonyl (C=O) groups is 6. The molecule has 2 aliphatic heterocycles. The number of ketones is 1. The summed E-state index contributed by atoms with van der Waals surface area (Å²) >= 11 is 0. The van der Waals surface area contributed by atoms with Crippen molar-refractivity contribution in [1.29, 1.82) is 0 Å². The maximum atomic E-state index is 14.4. The third kappa shape index (κ3) is 9.21. The van der Waals surface area contributed by atoms with Crippen LogP contribution in [0.1, 0.15) is 97.6 Å². The van der Waals surface area contributed by atoms with Gasteiger partial charge in [0.05, 0.1) is 18.3 Å². The SMILES string of the molecule is C/C=C(\C)C(=O)CC[C@H](NC(=O)OC(C)(C)C)C(=O)N1CC(OC(=O)N2Cc3cccc(F)c3C2)CC1C(=O)N[C@]1(C(=O)NS(=O)(=O)C2CC2)C[C@H]1CC. The molecule has 1 saturated heterocycles. The summed E-state index contributed by atoms with van der Waals surface area (Å²) in [7, 11) is -3.94. The van der Waals surface area contributed by atoms with Crippen LogP contribution in [0.2, 0.25) is 0 Å². The highest BCUT2D eigenvalue weighted by molar-refractivity contribution is 7.91. The molecule has 1 aromatic rings. The topological polar surface area (TPSA) is 198 Å². The second kappa shape index (κ2) is 15.7. The Labute approximate surface area is 314 Å². The van der Waals surface area contributed by atoms with Gasteiger partial charge in [0.25, 0.3) is 5.91 Å². The summed E-state index contributed by atoms with van der Waals surface area (Å²) in [6.07, 6.45) is -0.170. The van der Waals surface area contributed by atoms with Crippen LogP contribution in [-0.4, -0.2) is 95.0 Å². The summed E-state index contributed by atoms with van der Waals surface area (Å²) in [5, 5.41) is 4.59. The Kier molecular flexibility index (Phi) is 11.8. The first-order chi connectivity index (χ1) is 25.3. The maximum absolute atomic E-state index is 14.4. The molecule has 2 heterocycles. The first-order valence-electron chi connectivity index (χ1n) is 18.3. The largest absolute Gasteiger partial charge is 0.444 e. The zero-order chi connectivity index (χ0) is 39.7. The van der Waals surface area contributed by atoms with Gasteiger partial charge in [-0.05, 0) is 83.4 Å². The van der Waals surface area contributed by atoms with Gasteiger partial charge in [0, 0.05) is 24.9 Å². The number of amides is 5. The highest BCUT2D eigenvalue weighted by Gasteiger charge is 2.62. The predicted octanol–water partition coefficient (Wildman–Crippen LogP) is 3.35. The molecule has 0 spiro atoms. The average molecular weight is 776 g/mol. The summed E-state index contributed by atoms with van der Waals surface area (Å²) in [5.74, 6) is -3.52. The number of halogens is 1. The molecule has 0 bridgehead atoms. The lowest BCUT2D eigenvalue weighted by Gasteiger charge is -2.30. The zero-order valence-corrected chi connectivity index (χ0v) is 32.3. The number of fused-ring (bicyclic) bond motifs is 1. The standard InChI is InChI=1S/C37H50FN5O10S/c1-7-21(3)30(44)15-14-28(39-34(48)53-36(4,5)6)32(46)43-19-24(52-35(49)42-18-22-10-9-11-27(38)26(22)20-42)16-29(43)31(45)40-37(17-23(37)8-2)33(47)41-54(50,51)25-12-13-25/h7,9-11,23-25,28-29H,8,12-20H2,1-6H3,(H,39,48)(H,40,45)(H,41,47)/b21-7+/t23-,24?,28+,29?,37-/m1/s1. The van der Waals surface area contributed by atoms with Gasteiger partial charge >= 0.3 is 12.2 Å². The summed E-state index contributed by atoms with van der Waals surface area (Å²) in [5.41, 5.74) is -1.04. The van der Waals surface area contributed by atoms with E-state index in [9.17, 15) is 41.6 Å². The molecule has 0 aromatic heterocycles. The number of Topliss-reactive ketones (excluding diaryl/α,β-unsaturated/α-hetero) is 1. The Morgan fingerprint density at radius 3 is 2.41 bits per heavy atom. The fourth-order valence-corrected chi connectivity index (χ4v) is 8.30. The second-order valence-corrected chi connectivity index (χ2v) is 17.5. The number of nitrogens with one attached hydrogen (secondary N) is 3. The Hall–Kier alpha value is -4.54. The van der Waals surface area contributed by atoms with Crippen molar-refractivity contribution >= 4 is 45.7 Å². The van der Waals surface area contributed by atoms with Gasteiger partial charge in [-0.1, -0.05) is 31.6 Å². The van der Waals surface area contributed by atoms with Crippen molar-refractivity contribution in [3.63, 3.8) is 0 Å². The quantitative estimate of drug-likeness (QED) is 0.250. The van der Waals surface area contributed by atoms with Gasteiger partial charge in [0.15, 0.2) is 5.78 Å². The molecule has 296 valence electrons. The normalized spacial score (nSPS) is 24.3. The van der Waals surface area contributed by atoms with Gasteiger partial charge in [-0.15, -0.1) is 0 Å². The number of likely N-dealkylation sites (tertiary alicyclic amines) is 1. The van der Waals surface area contributed by atoms with Crippen LogP contribution < -0.4 is 15.4 Å². The predicted molar refractivity (Wildman–Crippen MR) is 192 cm³/mol. The minimum atomic E-state index is -3.94. The van der Waals surface area contributed by atoms with Crippen LogP contribution in [0.15, 0.2) is 29.8 Å². The number of benzene rings is 1. The van der Waals surface area contributed by atoms with Crippen LogP contribution in [0, 0.1) is 11.7 Å². The molecular formula is C37H50FN5O10S. The molecule has 1 aromatic carbocycles. The second-order valence-electron chi connectivity index (χ2n) is 15.6. The van der Waals surface area contributed by atoms with Crippen molar-refractivity contribution in [2.24, 2.45) is 5.92 Å². The molecule has 3 fully saturated rings. The van der Waals surface area contributed by atoms with E-state index in [2.05, 4.69) is 15.4 Å². The van der Waals surface area contributed by atoms with Crippen LogP contribution >= 0.6 is 0 Å². The number of allylic oxidation sites excluding steroid dienone is 2. The molecule has 17 heteroatoms. The molecule has 4 aliphatic rings. The van der Waals surface area contributed by atoms with E-state index < -0.39 is 80.3 Å². The number of sulfonamides is 1. The molecule has 5 atom stereocenters. The van der Waals surface area contributed by atoms with E-state index in [0.717, 1.165) is 4.90 Å². The van der Waals surface area contributed by atoms with Crippen molar-refractivity contribution < 1.29 is 51.0 Å². The third-order valence-corrected chi connectivity index (χ3v) is 12.2. The fraction of sp³-hybridized carbons (Fsp3) is 0.622. The van der Waals surface area contributed by atoms with E-state index in [0.29, 0.717) is 36.0 Å². The molecule has 0 radical (unpaired) electrons. The third-order valence-electron chi connectivity index (χ3n) is 10.4. The highest BCUT2D eigenvalue weighted by Crippen LogP contribution is 2.47. The minimum absolute atomic E-state index is 0.0402. The molecule has 2 aliphatic carbocycles. The number of rotatable bonds is 13. The molecule has 2 unspecified atom stereocenters. The lowest BCUT2D eigenvalue weighted by Crippen LogP contribution is -2.58. The summed E-state index contributed by atoms with van der Waals surface area (Å²) in [6.45, 7) is 9.78. The first kappa shape index (κ1) is 40.6. The zero-order valence-electron chi connectivity index (χ0n) is 31.5. The van der Waals surface area contributed by atoms with E-state index in [1.54, 1.807) is 59.8 Å². The Morgan fingerprint density at radius 2 is 1.81 bits per heavy atom. The van der Waals surface area contributed by atoms with Crippen LogP contribution in [0.5, 0.6) is 0 Å². The van der Waals surface area contributed by atoms with Crippen LogP contribution in [0.25, 0.3) is 0 Å². The highest BCUT2D eigenvalue weighted by atomic mass is 32.2. The number of nitrogens with zero attached hydrogens (tertiary/aromatic N) is 2. The summed E-state index contributed by atoms with van der Waals surface area (Å²) in [6, 6.07) is 1.86. The number of carbonyl (C=O) groups excluding carboxylic acids is 6. The van der Waals surface area contributed by atoms with Gasteiger partial charge in [-0.3, -0.25) is 28.8 Å². The van der Waals surface area contributed by atoms with Crippen molar-refractivity contribution in [3.8, 4) is 0 Å². The minimum Gasteiger partial charge on any atom is -0.444 e. The van der Waals surface area contributed by atoms with Gasteiger partial charge in [-0.25, -0.2) is 22.4 Å². The van der Waals surface area contributed by atoms with Crippen LogP contribution in [0.3, 0.4) is 0 Å². The molecule has 15 nitrogen and oxygen atoms in total. The van der Waals surface area contributed by atoms with E-state index in [-0.39, 0.29) is 57.0 Å². The molecular weight excluding hydrogens is 725 g/mol. The van der Waals surface area contributed by atoms with Gasteiger partial charge in [-0.2, -0.15) is 0 Å². The fourth-order valence-electron chi connectivity index (χ4n) is 6.94. The number of hydrogen-bond donors (Lipinski definition) is 3. The van der Waals surface area contributed by atoms with Crippen LogP contribution in [-0.2, 0) is 51.8 Å². The van der Waals surface area contributed by atoms with E-state index in [1.807, 2.05) is 0 Å². The van der Waals surface area contributed by atoms with E-state index in [4.69, 9.17) is 9.47 Å². The molecule has 3 N–H and O–H groups in total. The lowest BCUT2D eigenvalue weighted by atomic mass is 10.0. The first-order valence-corrected chi connectivity index (χ1v) is 19.9. The van der Waals surface area contributed by atoms with Gasteiger partial charge in [0.1, 0.15) is 35.1 Å². The smallest absolute Gasteiger partial charge is 0.410 e. The summed E-state index contributed by atoms with van der Waals surface area (Å²) < 4.78 is 53.1. The average Bonchev–Trinajstić information content (AvgIpc) is 3.99. The Morgan fingerprint density at radius 1 is 1.11 bits per heavy atom. The molecule has 2 saturated carbocycles. The molecule has 5 amide bonds. The van der Waals surface area contributed by atoms with Crippen molar-refractivity contribution in [2.45, 2.75) is 134 Å². The van der Waals surface area contributed by atoms with Crippen molar-refractivity contribution in [3.05, 3.63) is 46.8 Å². The number of hydrogen-bond acceptors (Lipinski definition) is 10. The monoisotopic (exact) mass is 775 g/mol. The summed E-state index contributed by atoms with van der Waals surface area (Å²) in [4.78, 5) is 83.6. The Bertz CT molecular complexity index is 1840. The van der Waals surface area contributed by atoms with Crippen molar-refractivity contribution in [1.82, 2.24) is 25.2 Å². The maximum Gasteiger partial charge on any atom is 0.410 e. The van der Waals surface area contributed by atoms with Crippen LogP contribution in [0.4, 0.5) is 14.0 Å². The number of ether oxygens (including phenoxy) is 2. The van der Waals surface area contributed by atoms with Crippen molar-refractivity contribution in [2.75, 3.05) is 6.54 Å². The molecule has 54 heavy (non-hydrogen) atoms. The van der Waals surface area contributed by atoms with Gasteiger partial charge < -0.3 is 25.0 Å². The Balaban J connectivity index is 1.39. The van der Waals surface area contributed by atoms with E-state index in [1.165, 1.54) is 11.0 Å². The number of alkyl carbamates (subject to hydrolysis) is 1. The van der Waals surface area contributed by atoms with E-state index >= 15 is 0 Å².